The topological polar surface area (TPSA) is 117 Å². The number of nitrogens with one attached hydrogen (secondary N) is 1. The highest BCUT2D eigenvalue weighted by atomic mass is 79.9. The molecule has 1 atom stereocenters. The van der Waals surface area contributed by atoms with E-state index >= 15 is 0 Å². The molecule has 0 aliphatic carbocycles. The maximum Gasteiger partial charge on any atom is 0.274 e. The molecule has 0 bridgehead atoms. The number of aromatic nitrogens is 2. The van der Waals surface area contributed by atoms with Crippen LogP contribution in [0.25, 0.3) is 27.9 Å². The van der Waals surface area contributed by atoms with E-state index in [9.17, 15) is 22.4 Å². The first-order valence-electron chi connectivity index (χ1n) is 13.9. The molecule has 2 amide bonds. The number of imidazole rings is 1. The lowest BCUT2D eigenvalue weighted by atomic mass is 9.88. The number of carbonyl (C=O) groups is 2. The van der Waals surface area contributed by atoms with Gasteiger partial charge in [0, 0.05) is 56.3 Å². The number of amides is 2. The summed E-state index contributed by atoms with van der Waals surface area (Å²) in [6, 6.07) is 14.5. The van der Waals surface area contributed by atoms with Crippen LogP contribution >= 0.6 is 15.9 Å². The Morgan fingerprint density at radius 1 is 1.16 bits per heavy atom. The average molecular weight is 683 g/mol. The van der Waals surface area contributed by atoms with Crippen LogP contribution in [-0.2, 0) is 10.0 Å². The molecule has 3 aromatic heterocycles. The summed E-state index contributed by atoms with van der Waals surface area (Å²) in [5, 5.41) is 3.14. The summed E-state index contributed by atoms with van der Waals surface area (Å²) < 4.78 is 49.2. The molecule has 0 radical (unpaired) electrons. The van der Waals surface area contributed by atoms with Gasteiger partial charge in [-0.25, -0.2) is 17.8 Å². The predicted octanol–water partition coefficient (Wildman–Crippen LogP) is 5.42. The molecule has 1 aliphatic rings. The number of rotatable bonds is 6. The summed E-state index contributed by atoms with van der Waals surface area (Å²) in [6.45, 7) is 0.843. The molecule has 4 heterocycles. The number of likely N-dealkylation sites (tertiary alicyclic amines) is 1. The van der Waals surface area contributed by atoms with Gasteiger partial charge in [-0.05, 0) is 76.8 Å². The van der Waals surface area contributed by atoms with Crippen LogP contribution in [0.15, 0.2) is 69.8 Å². The number of piperidine rings is 1. The molecule has 5 aromatic rings. The summed E-state index contributed by atoms with van der Waals surface area (Å²) >= 11 is 3.48. The first-order chi connectivity index (χ1) is 21.0. The van der Waals surface area contributed by atoms with Gasteiger partial charge < -0.3 is 14.6 Å². The maximum absolute atomic E-state index is 13.7. The highest BCUT2D eigenvalue weighted by molar-refractivity contribution is 9.10. The highest BCUT2D eigenvalue weighted by Gasteiger charge is 2.32. The zero-order chi connectivity index (χ0) is 31.3. The van der Waals surface area contributed by atoms with Crippen molar-refractivity contribution in [1.82, 2.24) is 19.6 Å². The van der Waals surface area contributed by atoms with Crippen molar-refractivity contribution >= 4 is 60.1 Å². The lowest BCUT2D eigenvalue weighted by Gasteiger charge is -2.34. The van der Waals surface area contributed by atoms with Crippen LogP contribution in [0.2, 0.25) is 0 Å². The van der Waals surface area contributed by atoms with Crippen LogP contribution in [0.5, 0.6) is 0 Å². The van der Waals surface area contributed by atoms with Crippen LogP contribution in [0, 0.1) is 5.82 Å². The lowest BCUT2D eigenvalue weighted by Crippen LogP contribution is -2.39. The Bertz CT molecular complexity index is 2040. The first-order valence-corrected chi connectivity index (χ1v) is 16.6. The Labute approximate surface area is 261 Å². The number of carbonyl (C=O) groups excluding carboxylic acids is 2. The van der Waals surface area contributed by atoms with Gasteiger partial charge in [-0.15, -0.1) is 0 Å². The second-order valence-electron chi connectivity index (χ2n) is 10.8. The number of sulfonamides is 1. The Morgan fingerprint density at radius 3 is 2.59 bits per heavy atom. The third-order valence-corrected chi connectivity index (χ3v) is 9.88. The fraction of sp³-hybridized carbons (Fsp3) is 0.258. The van der Waals surface area contributed by atoms with Crippen molar-refractivity contribution in [2.24, 2.45) is 0 Å². The van der Waals surface area contributed by atoms with Crippen molar-refractivity contribution in [2.45, 2.75) is 18.8 Å². The Balaban J connectivity index is 1.46. The molecule has 1 N–H and O–H groups in total. The van der Waals surface area contributed by atoms with Crippen LogP contribution in [0.1, 0.15) is 45.2 Å². The molecule has 2 aromatic carbocycles. The van der Waals surface area contributed by atoms with Gasteiger partial charge in [0.25, 0.3) is 11.8 Å². The summed E-state index contributed by atoms with van der Waals surface area (Å²) in [4.78, 5) is 33.1. The molecular formula is C31H29BrFN5O5S. The van der Waals surface area contributed by atoms with Crippen molar-refractivity contribution in [3.8, 4) is 11.3 Å². The quantitative estimate of drug-likeness (QED) is 0.239. The fourth-order valence-corrected chi connectivity index (χ4v) is 6.69. The second kappa shape index (κ2) is 11.4. The van der Waals surface area contributed by atoms with E-state index in [0.717, 1.165) is 10.9 Å². The molecule has 0 saturated carbocycles. The van der Waals surface area contributed by atoms with Gasteiger partial charge in [-0.3, -0.25) is 18.3 Å². The van der Waals surface area contributed by atoms with Gasteiger partial charge in [-0.2, -0.15) is 0 Å². The number of furan rings is 1. The number of pyridine rings is 1. The molecule has 1 saturated heterocycles. The molecule has 10 nitrogen and oxygen atoms in total. The normalized spacial score (nSPS) is 15.6. The second-order valence-corrected chi connectivity index (χ2v) is 13.6. The van der Waals surface area contributed by atoms with E-state index < -0.39 is 21.7 Å². The fourth-order valence-electron chi connectivity index (χ4n) is 5.74. The first kappa shape index (κ1) is 29.8. The maximum atomic E-state index is 13.7. The molecule has 0 unspecified atom stereocenters. The van der Waals surface area contributed by atoms with E-state index in [1.54, 1.807) is 27.6 Å². The number of benzene rings is 2. The van der Waals surface area contributed by atoms with Gasteiger partial charge in [0.2, 0.25) is 10.0 Å². The minimum Gasteiger partial charge on any atom is -0.455 e. The monoisotopic (exact) mass is 681 g/mol. The zero-order valence-corrected chi connectivity index (χ0v) is 26.6. The van der Waals surface area contributed by atoms with E-state index in [4.69, 9.17) is 4.42 Å². The minimum absolute atomic E-state index is 0.225. The third-order valence-electron chi connectivity index (χ3n) is 8.04. The van der Waals surface area contributed by atoms with E-state index in [2.05, 4.69) is 26.2 Å². The van der Waals surface area contributed by atoms with Crippen LogP contribution in [0.3, 0.4) is 0 Å². The van der Waals surface area contributed by atoms with Crippen LogP contribution in [0.4, 0.5) is 10.1 Å². The van der Waals surface area contributed by atoms with E-state index in [-0.39, 0.29) is 23.1 Å². The van der Waals surface area contributed by atoms with Crippen molar-refractivity contribution < 1.29 is 26.8 Å². The standard InChI is InChI=1S/C31H29BrFN5O5S/c1-34-30(39)28-22-14-21(19-6-5-13-37(16-19)31(40)23-17-38-26(32)7-4-8-27(38)35-23)24(36(2)44(3,41)42)15-25(22)43-29(28)18-9-11-20(33)12-10-18/h4,7-12,14-15,17,19H,5-6,13,16H2,1-3H3,(H,34,39)/t19-/m0/s1. The van der Waals surface area contributed by atoms with Crippen molar-refractivity contribution in [3.05, 3.63) is 88.0 Å². The summed E-state index contributed by atoms with van der Waals surface area (Å²) in [7, 11) is -0.719. The average Bonchev–Trinajstić information content (AvgIpc) is 3.62. The van der Waals surface area contributed by atoms with Gasteiger partial charge in [0.05, 0.1) is 22.1 Å². The SMILES string of the molecule is CNC(=O)c1c(-c2ccc(F)cc2)oc2cc(N(C)S(C)(=O)=O)c([C@H]3CCCN(C(=O)c4cn5c(Br)cccc5n4)C3)cc12. The summed E-state index contributed by atoms with van der Waals surface area (Å²) in [5.74, 6) is -1.07. The van der Waals surface area contributed by atoms with Gasteiger partial charge in [0.15, 0.2) is 0 Å². The largest absolute Gasteiger partial charge is 0.455 e. The molecule has 13 heteroatoms. The highest BCUT2D eigenvalue weighted by Crippen LogP contribution is 2.42. The van der Waals surface area contributed by atoms with Gasteiger partial charge in [0.1, 0.15) is 28.5 Å². The van der Waals surface area contributed by atoms with E-state index in [1.807, 2.05) is 18.2 Å². The molecule has 1 aliphatic heterocycles. The number of hydrogen-bond acceptors (Lipinski definition) is 6. The predicted molar refractivity (Wildman–Crippen MR) is 169 cm³/mol. The number of nitrogens with zero attached hydrogens (tertiary/aromatic N) is 4. The third kappa shape index (κ3) is 5.34. The Hall–Kier alpha value is -4.23. The summed E-state index contributed by atoms with van der Waals surface area (Å²) in [6.07, 6.45) is 4.18. The van der Waals surface area contributed by atoms with E-state index in [0.29, 0.717) is 65.1 Å². The Morgan fingerprint density at radius 2 is 1.91 bits per heavy atom. The molecule has 1 fully saturated rings. The smallest absolute Gasteiger partial charge is 0.274 e. The number of fused-ring (bicyclic) bond motifs is 2. The van der Waals surface area contributed by atoms with Gasteiger partial charge >= 0.3 is 0 Å². The van der Waals surface area contributed by atoms with Crippen molar-refractivity contribution in [2.75, 3.05) is 37.7 Å². The van der Waals surface area contributed by atoms with Crippen molar-refractivity contribution in [3.63, 3.8) is 0 Å². The molecule has 44 heavy (non-hydrogen) atoms. The summed E-state index contributed by atoms with van der Waals surface area (Å²) in [5.41, 5.74) is 3.05. The Kier molecular flexibility index (Phi) is 7.70. The molecule has 6 rings (SSSR count). The zero-order valence-electron chi connectivity index (χ0n) is 24.2. The number of hydrogen-bond donors (Lipinski definition) is 1. The number of halogens is 2. The number of anilines is 1. The van der Waals surface area contributed by atoms with Crippen LogP contribution < -0.4 is 9.62 Å². The van der Waals surface area contributed by atoms with Gasteiger partial charge in [-0.1, -0.05) is 6.07 Å². The molecular weight excluding hydrogens is 653 g/mol. The molecule has 228 valence electrons. The van der Waals surface area contributed by atoms with E-state index in [1.165, 1.54) is 42.7 Å². The lowest BCUT2D eigenvalue weighted by molar-refractivity contribution is 0.0701. The molecule has 0 spiro atoms. The van der Waals surface area contributed by atoms with Crippen LogP contribution in [-0.4, -0.2) is 68.0 Å². The van der Waals surface area contributed by atoms with Crippen molar-refractivity contribution in [1.29, 1.82) is 0 Å². The minimum atomic E-state index is -3.69.